The van der Waals surface area contributed by atoms with Gasteiger partial charge in [0.1, 0.15) is 11.6 Å². The summed E-state index contributed by atoms with van der Waals surface area (Å²) in [4.78, 5) is 0. The van der Waals surface area contributed by atoms with Gasteiger partial charge in [-0.3, -0.25) is 4.21 Å². The molecule has 1 aromatic heterocycles. The maximum Gasteiger partial charge on any atom is 0.133 e. The van der Waals surface area contributed by atoms with Crippen molar-refractivity contribution in [1.29, 1.82) is 0 Å². The summed E-state index contributed by atoms with van der Waals surface area (Å²) in [6.07, 6.45) is 0. The molecule has 2 rings (SSSR count). The lowest BCUT2D eigenvalue weighted by Crippen LogP contribution is -1.99. The largest absolute Gasteiger partial charge is 0.361 e. The Hall–Kier alpha value is -1.49. The molecule has 0 bridgehead atoms. The third kappa shape index (κ3) is 3.49. The Morgan fingerprint density at radius 1 is 1.29 bits per heavy atom. The number of hydrogen-bond acceptors (Lipinski definition) is 3. The minimum Gasteiger partial charge on any atom is -0.361 e. The smallest absolute Gasteiger partial charge is 0.133 e. The number of halogens is 1. The zero-order valence-corrected chi connectivity index (χ0v) is 10.2. The molecule has 17 heavy (non-hydrogen) atoms. The number of rotatable bonds is 4. The number of aryl methyl sites for hydroxylation is 1. The molecule has 0 N–H and O–H groups in total. The van der Waals surface area contributed by atoms with Gasteiger partial charge in [0.05, 0.1) is 11.4 Å². The van der Waals surface area contributed by atoms with Crippen LogP contribution in [0.3, 0.4) is 0 Å². The summed E-state index contributed by atoms with van der Waals surface area (Å²) < 4.78 is 29.4. The molecule has 5 heteroatoms. The van der Waals surface area contributed by atoms with E-state index in [1.54, 1.807) is 25.1 Å². The first-order valence-corrected chi connectivity index (χ1v) is 6.64. The third-order valence-corrected chi connectivity index (χ3v) is 3.50. The summed E-state index contributed by atoms with van der Waals surface area (Å²) in [7, 11) is -1.06. The maximum atomic E-state index is 12.7. The van der Waals surface area contributed by atoms with Crippen LogP contribution in [0.15, 0.2) is 34.9 Å². The van der Waals surface area contributed by atoms with Gasteiger partial charge in [-0.25, -0.2) is 4.39 Å². The van der Waals surface area contributed by atoms with Crippen molar-refractivity contribution in [3.8, 4) is 0 Å². The Kier molecular flexibility index (Phi) is 3.68. The quantitative estimate of drug-likeness (QED) is 0.841. The third-order valence-electron chi connectivity index (χ3n) is 2.23. The summed E-state index contributed by atoms with van der Waals surface area (Å²) in [5.41, 5.74) is 1.54. The van der Waals surface area contributed by atoms with Crippen LogP contribution in [0.25, 0.3) is 0 Å². The summed E-state index contributed by atoms with van der Waals surface area (Å²) in [5, 5.41) is 3.78. The fourth-order valence-electron chi connectivity index (χ4n) is 1.47. The van der Waals surface area contributed by atoms with E-state index >= 15 is 0 Å². The van der Waals surface area contributed by atoms with Crippen molar-refractivity contribution in [2.75, 3.05) is 0 Å². The Morgan fingerprint density at radius 2 is 2.00 bits per heavy atom. The van der Waals surface area contributed by atoms with E-state index in [-0.39, 0.29) is 5.82 Å². The van der Waals surface area contributed by atoms with Gasteiger partial charge in [-0.15, -0.1) is 0 Å². The van der Waals surface area contributed by atoms with Crippen LogP contribution in [0.2, 0.25) is 0 Å². The second-order valence-electron chi connectivity index (χ2n) is 3.78. The number of aromatic nitrogens is 1. The van der Waals surface area contributed by atoms with E-state index < -0.39 is 10.8 Å². The zero-order valence-electron chi connectivity index (χ0n) is 9.35. The fraction of sp³-hybridized carbons (Fsp3) is 0.250. The molecule has 0 spiro atoms. The van der Waals surface area contributed by atoms with Crippen molar-refractivity contribution >= 4 is 10.8 Å². The molecule has 2 aromatic rings. The molecule has 0 radical (unpaired) electrons. The van der Waals surface area contributed by atoms with Crippen molar-refractivity contribution in [3.63, 3.8) is 0 Å². The molecule has 0 fully saturated rings. The topological polar surface area (TPSA) is 43.1 Å². The molecule has 1 heterocycles. The molecule has 1 aromatic carbocycles. The molecule has 1 atom stereocenters. The molecule has 90 valence electrons. The molecule has 0 amide bonds. The average Bonchev–Trinajstić information content (AvgIpc) is 2.67. The predicted octanol–water partition coefficient (Wildman–Crippen LogP) is 2.57. The Morgan fingerprint density at radius 3 is 2.59 bits per heavy atom. The number of nitrogens with zero attached hydrogens (tertiary/aromatic N) is 1. The lowest BCUT2D eigenvalue weighted by atomic mass is 10.2. The lowest BCUT2D eigenvalue weighted by Gasteiger charge is -2.00. The molecule has 3 nitrogen and oxygen atoms in total. The van der Waals surface area contributed by atoms with Crippen LogP contribution in [0.4, 0.5) is 4.39 Å². The van der Waals surface area contributed by atoms with E-state index in [0.717, 1.165) is 5.56 Å². The first-order chi connectivity index (χ1) is 8.13. The number of hydrogen-bond donors (Lipinski definition) is 0. The van der Waals surface area contributed by atoms with Gasteiger partial charge in [-0.2, -0.15) is 0 Å². The van der Waals surface area contributed by atoms with Crippen LogP contribution >= 0.6 is 0 Å². The normalized spacial score (nSPS) is 12.6. The van der Waals surface area contributed by atoms with Crippen LogP contribution in [0, 0.1) is 12.7 Å². The summed E-state index contributed by atoms with van der Waals surface area (Å²) in [5.74, 6) is 1.17. The first-order valence-electron chi connectivity index (χ1n) is 5.15. The van der Waals surface area contributed by atoms with Gasteiger partial charge >= 0.3 is 0 Å². The van der Waals surface area contributed by atoms with Crippen molar-refractivity contribution in [2.45, 2.75) is 18.4 Å². The molecular weight excluding hydrogens is 241 g/mol. The van der Waals surface area contributed by atoms with E-state index in [4.69, 9.17) is 4.52 Å². The van der Waals surface area contributed by atoms with E-state index in [1.165, 1.54) is 12.1 Å². The molecule has 0 aliphatic carbocycles. The highest BCUT2D eigenvalue weighted by molar-refractivity contribution is 7.83. The van der Waals surface area contributed by atoms with Crippen molar-refractivity contribution < 1.29 is 13.1 Å². The van der Waals surface area contributed by atoms with E-state index in [1.807, 2.05) is 0 Å². The average molecular weight is 253 g/mol. The van der Waals surface area contributed by atoms with E-state index in [2.05, 4.69) is 5.16 Å². The van der Waals surface area contributed by atoms with Gasteiger partial charge < -0.3 is 4.52 Å². The second-order valence-corrected chi connectivity index (χ2v) is 5.24. The van der Waals surface area contributed by atoms with Crippen LogP contribution < -0.4 is 0 Å². The van der Waals surface area contributed by atoms with Crippen molar-refractivity contribution in [2.24, 2.45) is 0 Å². The monoisotopic (exact) mass is 253 g/mol. The standard InChI is InChI=1S/C12H12FNO2S/c1-9-6-12(14-16-9)8-17(15)7-10-2-4-11(13)5-3-10/h2-6H,7-8H2,1H3/t17-/m1/s1. The van der Waals surface area contributed by atoms with Gasteiger partial charge in [0.2, 0.25) is 0 Å². The van der Waals surface area contributed by atoms with Gasteiger partial charge in [-0.1, -0.05) is 17.3 Å². The minimum absolute atomic E-state index is 0.286. The Labute approximate surface area is 101 Å². The van der Waals surface area contributed by atoms with Crippen LogP contribution in [0.5, 0.6) is 0 Å². The first kappa shape index (κ1) is 12.0. The highest BCUT2D eigenvalue weighted by Crippen LogP contribution is 2.10. The Bertz CT molecular complexity index is 522. The Balaban J connectivity index is 1.95. The summed E-state index contributed by atoms with van der Waals surface area (Å²) >= 11 is 0. The second kappa shape index (κ2) is 5.23. The predicted molar refractivity (Wildman–Crippen MR) is 63.2 cm³/mol. The van der Waals surface area contributed by atoms with Crippen molar-refractivity contribution in [1.82, 2.24) is 5.16 Å². The molecule has 0 aliphatic rings. The lowest BCUT2D eigenvalue weighted by molar-refractivity contribution is 0.392. The van der Waals surface area contributed by atoms with Crippen molar-refractivity contribution in [3.05, 3.63) is 53.2 Å². The van der Waals surface area contributed by atoms with Gasteiger partial charge in [-0.05, 0) is 24.6 Å². The SMILES string of the molecule is Cc1cc(C[S@](=O)Cc2ccc(F)cc2)no1. The summed E-state index contributed by atoms with van der Waals surface area (Å²) in [6.45, 7) is 1.79. The molecule has 0 aliphatic heterocycles. The molecular formula is C12H12FNO2S. The minimum atomic E-state index is -1.06. The van der Waals surface area contributed by atoms with Gasteiger partial charge in [0.15, 0.2) is 0 Å². The fourth-order valence-corrected chi connectivity index (χ4v) is 2.60. The van der Waals surface area contributed by atoms with Crippen LogP contribution in [0.1, 0.15) is 17.0 Å². The van der Waals surface area contributed by atoms with Gasteiger partial charge in [0, 0.05) is 22.6 Å². The number of benzene rings is 1. The highest BCUT2D eigenvalue weighted by atomic mass is 32.2. The van der Waals surface area contributed by atoms with Crippen LogP contribution in [-0.4, -0.2) is 9.37 Å². The van der Waals surface area contributed by atoms with Crippen LogP contribution in [-0.2, 0) is 22.3 Å². The van der Waals surface area contributed by atoms with E-state index in [9.17, 15) is 8.60 Å². The van der Waals surface area contributed by atoms with Gasteiger partial charge in [0.25, 0.3) is 0 Å². The summed E-state index contributed by atoms with van der Waals surface area (Å²) in [6, 6.07) is 7.78. The molecule has 0 saturated carbocycles. The zero-order chi connectivity index (χ0) is 12.3. The molecule has 0 unspecified atom stereocenters. The van der Waals surface area contributed by atoms with E-state index in [0.29, 0.717) is 23.0 Å². The maximum absolute atomic E-state index is 12.7. The molecule has 0 saturated heterocycles. The highest BCUT2D eigenvalue weighted by Gasteiger charge is 2.07.